The molecule has 2 aromatic heterocycles. The molecule has 0 unspecified atom stereocenters. The van der Waals surface area contributed by atoms with E-state index >= 15 is 0 Å². The third-order valence-electron chi connectivity index (χ3n) is 3.48. The van der Waals surface area contributed by atoms with E-state index in [2.05, 4.69) is 20.8 Å². The van der Waals surface area contributed by atoms with Crippen molar-refractivity contribution in [3.05, 3.63) is 59.2 Å². The number of aryl methyl sites for hydroxylation is 1. The average molecular weight is 372 g/mol. The number of aromatic nitrogens is 2. The van der Waals surface area contributed by atoms with Crippen LogP contribution in [0.1, 0.15) is 5.56 Å². The fraction of sp³-hybridized carbons (Fsp3) is 0.167. The van der Waals surface area contributed by atoms with Gasteiger partial charge in [-0.05, 0) is 42.1 Å². The summed E-state index contributed by atoms with van der Waals surface area (Å²) in [6.07, 6.45) is 0. The summed E-state index contributed by atoms with van der Waals surface area (Å²) in [5.74, 6) is 0.0174. The summed E-state index contributed by atoms with van der Waals surface area (Å²) in [5.41, 5.74) is 1.70. The van der Waals surface area contributed by atoms with Gasteiger partial charge < -0.3 is 15.4 Å². The topological polar surface area (TPSA) is 76.1 Å². The summed E-state index contributed by atoms with van der Waals surface area (Å²) in [5, 5.41) is 15.3. The first kappa shape index (κ1) is 17.8. The number of benzene rings is 1. The largest absolute Gasteiger partial charge is 0.475 e. The van der Waals surface area contributed by atoms with Gasteiger partial charge in [0.2, 0.25) is 5.88 Å². The lowest BCUT2D eigenvalue weighted by Crippen LogP contribution is -2.32. The van der Waals surface area contributed by atoms with Gasteiger partial charge in [-0.25, -0.2) is 9.18 Å². The number of thiophene rings is 1. The molecule has 3 rings (SSSR count). The first-order chi connectivity index (χ1) is 12.6. The molecule has 0 saturated heterocycles. The predicted octanol–water partition coefficient (Wildman–Crippen LogP) is 3.85. The van der Waals surface area contributed by atoms with Crippen LogP contribution < -0.4 is 15.4 Å². The van der Waals surface area contributed by atoms with Crippen LogP contribution in [0.2, 0.25) is 0 Å². The Bertz CT molecular complexity index is 869. The van der Waals surface area contributed by atoms with Crippen LogP contribution in [0, 0.1) is 12.7 Å². The van der Waals surface area contributed by atoms with E-state index in [1.54, 1.807) is 36.5 Å². The highest BCUT2D eigenvalue weighted by atomic mass is 32.1. The van der Waals surface area contributed by atoms with Crippen LogP contribution >= 0.6 is 11.3 Å². The SMILES string of the molecule is Cc1ccc(NC(=O)NCCOc2ccc(-c3cccs3)nn2)cc1F. The summed E-state index contributed by atoms with van der Waals surface area (Å²) in [6, 6.07) is 11.6. The van der Waals surface area contributed by atoms with Gasteiger partial charge in [-0.2, -0.15) is 0 Å². The molecule has 2 heterocycles. The molecule has 0 aliphatic heterocycles. The first-order valence-electron chi connectivity index (χ1n) is 7.93. The van der Waals surface area contributed by atoms with Gasteiger partial charge in [0.1, 0.15) is 18.1 Å². The standard InChI is InChI=1S/C18H17FN4O2S/c1-12-4-5-13(11-14(12)19)21-18(24)20-8-9-25-17-7-6-15(22-23-17)16-3-2-10-26-16/h2-7,10-11H,8-9H2,1H3,(H2,20,21,24). The van der Waals surface area contributed by atoms with Gasteiger partial charge in [-0.1, -0.05) is 12.1 Å². The van der Waals surface area contributed by atoms with Gasteiger partial charge in [0, 0.05) is 11.8 Å². The number of nitrogens with zero attached hydrogens (tertiary/aromatic N) is 2. The molecule has 26 heavy (non-hydrogen) atoms. The number of carbonyl (C=O) groups is 1. The van der Waals surface area contributed by atoms with Crippen molar-refractivity contribution in [2.75, 3.05) is 18.5 Å². The lowest BCUT2D eigenvalue weighted by Gasteiger charge is -2.09. The highest BCUT2D eigenvalue weighted by Crippen LogP contribution is 2.22. The molecule has 134 valence electrons. The van der Waals surface area contributed by atoms with Crippen LogP contribution in [0.5, 0.6) is 5.88 Å². The Hall–Kier alpha value is -3.00. The van der Waals surface area contributed by atoms with E-state index in [1.165, 1.54) is 6.07 Å². The van der Waals surface area contributed by atoms with Crippen LogP contribution in [0.4, 0.5) is 14.9 Å². The quantitative estimate of drug-likeness (QED) is 0.645. The van der Waals surface area contributed by atoms with Crippen molar-refractivity contribution in [2.24, 2.45) is 0 Å². The van der Waals surface area contributed by atoms with Crippen molar-refractivity contribution in [1.29, 1.82) is 0 Å². The minimum absolute atomic E-state index is 0.239. The van der Waals surface area contributed by atoms with Crippen molar-refractivity contribution in [3.63, 3.8) is 0 Å². The Kier molecular flexibility index (Phi) is 5.75. The smallest absolute Gasteiger partial charge is 0.319 e. The minimum atomic E-state index is -0.434. The van der Waals surface area contributed by atoms with Crippen molar-refractivity contribution >= 4 is 23.1 Å². The Labute approximate surface area is 154 Å². The summed E-state index contributed by atoms with van der Waals surface area (Å²) in [4.78, 5) is 12.8. The molecule has 0 aliphatic rings. The number of nitrogens with one attached hydrogen (secondary N) is 2. The summed E-state index contributed by atoms with van der Waals surface area (Å²) in [7, 11) is 0. The van der Waals surface area contributed by atoms with E-state index in [9.17, 15) is 9.18 Å². The molecule has 0 atom stereocenters. The number of ether oxygens (including phenoxy) is 1. The Morgan fingerprint density at radius 2 is 2.12 bits per heavy atom. The maximum absolute atomic E-state index is 13.4. The van der Waals surface area contributed by atoms with Crippen molar-refractivity contribution < 1.29 is 13.9 Å². The molecule has 2 N–H and O–H groups in total. The highest BCUT2D eigenvalue weighted by Gasteiger charge is 2.05. The zero-order chi connectivity index (χ0) is 18.4. The number of rotatable bonds is 6. The monoisotopic (exact) mass is 372 g/mol. The van der Waals surface area contributed by atoms with E-state index in [0.29, 0.717) is 17.1 Å². The molecule has 0 bridgehead atoms. The summed E-state index contributed by atoms with van der Waals surface area (Å²) < 4.78 is 18.9. The van der Waals surface area contributed by atoms with Gasteiger partial charge in [-0.3, -0.25) is 0 Å². The summed E-state index contributed by atoms with van der Waals surface area (Å²) >= 11 is 1.59. The Morgan fingerprint density at radius 3 is 2.81 bits per heavy atom. The molecule has 2 amide bonds. The van der Waals surface area contributed by atoms with Gasteiger partial charge in [-0.15, -0.1) is 21.5 Å². The molecule has 8 heteroatoms. The first-order valence-corrected chi connectivity index (χ1v) is 8.81. The Morgan fingerprint density at radius 1 is 1.23 bits per heavy atom. The maximum atomic E-state index is 13.4. The normalized spacial score (nSPS) is 10.4. The molecular weight excluding hydrogens is 355 g/mol. The van der Waals surface area contributed by atoms with Crippen LogP contribution in [0.15, 0.2) is 47.8 Å². The average Bonchev–Trinajstić information content (AvgIpc) is 3.17. The Balaban J connectivity index is 1.40. The van der Waals surface area contributed by atoms with E-state index in [-0.39, 0.29) is 19.0 Å². The van der Waals surface area contributed by atoms with Crippen molar-refractivity contribution in [3.8, 4) is 16.5 Å². The number of urea groups is 1. The summed E-state index contributed by atoms with van der Waals surface area (Å²) in [6.45, 7) is 2.17. The molecule has 0 aliphatic carbocycles. The number of carbonyl (C=O) groups excluding carboxylic acids is 1. The van der Waals surface area contributed by atoms with E-state index < -0.39 is 6.03 Å². The third kappa shape index (κ3) is 4.76. The lowest BCUT2D eigenvalue weighted by atomic mass is 10.2. The molecule has 6 nitrogen and oxygen atoms in total. The second kappa shape index (κ2) is 8.39. The van der Waals surface area contributed by atoms with E-state index in [4.69, 9.17) is 4.74 Å². The van der Waals surface area contributed by atoms with Crippen LogP contribution in [-0.2, 0) is 0 Å². The van der Waals surface area contributed by atoms with Crippen LogP contribution in [0.25, 0.3) is 10.6 Å². The number of anilines is 1. The fourth-order valence-electron chi connectivity index (χ4n) is 2.12. The molecule has 0 radical (unpaired) electrons. The molecule has 1 aromatic carbocycles. The van der Waals surface area contributed by atoms with Crippen molar-refractivity contribution in [2.45, 2.75) is 6.92 Å². The lowest BCUT2D eigenvalue weighted by molar-refractivity contribution is 0.246. The van der Waals surface area contributed by atoms with E-state index in [0.717, 1.165) is 10.6 Å². The third-order valence-corrected chi connectivity index (χ3v) is 4.37. The highest BCUT2D eigenvalue weighted by molar-refractivity contribution is 7.13. The minimum Gasteiger partial charge on any atom is -0.475 e. The van der Waals surface area contributed by atoms with Gasteiger partial charge in [0.25, 0.3) is 0 Å². The molecule has 3 aromatic rings. The zero-order valence-electron chi connectivity index (χ0n) is 14.0. The number of halogens is 1. The van der Waals surface area contributed by atoms with Gasteiger partial charge in [0.05, 0.1) is 11.4 Å². The molecule has 0 fully saturated rings. The zero-order valence-corrected chi connectivity index (χ0v) is 14.8. The molecular formula is C18H17FN4O2S. The number of hydrogen-bond donors (Lipinski definition) is 2. The second-order valence-electron chi connectivity index (χ2n) is 5.43. The molecule has 0 spiro atoms. The second-order valence-corrected chi connectivity index (χ2v) is 6.38. The van der Waals surface area contributed by atoms with Crippen molar-refractivity contribution in [1.82, 2.24) is 15.5 Å². The molecule has 0 saturated carbocycles. The van der Waals surface area contributed by atoms with Crippen LogP contribution in [0.3, 0.4) is 0 Å². The van der Waals surface area contributed by atoms with E-state index in [1.807, 2.05) is 23.6 Å². The van der Waals surface area contributed by atoms with Gasteiger partial charge >= 0.3 is 6.03 Å². The fourth-order valence-corrected chi connectivity index (χ4v) is 2.81. The number of amides is 2. The number of hydrogen-bond acceptors (Lipinski definition) is 5. The predicted molar refractivity (Wildman–Crippen MR) is 99.0 cm³/mol. The van der Waals surface area contributed by atoms with Gasteiger partial charge in [0.15, 0.2) is 0 Å². The maximum Gasteiger partial charge on any atom is 0.319 e. The van der Waals surface area contributed by atoms with Crippen LogP contribution in [-0.4, -0.2) is 29.4 Å².